The van der Waals surface area contributed by atoms with Gasteiger partial charge in [-0.05, 0) is 30.7 Å². The first kappa shape index (κ1) is 16.6. The van der Waals surface area contributed by atoms with E-state index in [1.54, 1.807) is 29.2 Å². The lowest BCUT2D eigenvalue weighted by atomic mass is 10.2. The Bertz CT molecular complexity index is 961. The van der Waals surface area contributed by atoms with Crippen LogP contribution in [-0.2, 0) is 11.3 Å². The monoisotopic (exact) mass is 333 g/mol. The van der Waals surface area contributed by atoms with E-state index < -0.39 is 0 Å². The van der Waals surface area contributed by atoms with Crippen molar-refractivity contribution >= 4 is 22.9 Å². The molecule has 0 atom stereocenters. The van der Waals surface area contributed by atoms with E-state index in [0.717, 1.165) is 5.56 Å². The van der Waals surface area contributed by atoms with Crippen LogP contribution in [-0.4, -0.2) is 27.3 Å². The molecule has 3 aromatic rings. The van der Waals surface area contributed by atoms with Crippen molar-refractivity contribution in [3.63, 3.8) is 0 Å². The number of rotatable bonds is 5. The number of hydrogen-bond acceptors (Lipinski definition) is 3. The minimum absolute atomic E-state index is 0.123. The van der Waals surface area contributed by atoms with E-state index >= 15 is 0 Å². The number of amides is 1. The van der Waals surface area contributed by atoms with Crippen LogP contribution < -0.4 is 5.56 Å². The third-order valence-corrected chi connectivity index (χ3v) is 3.91. The van der Waals surface area contributed by atoms with Crippen molar-refractivity contribution in [2.75, 3.05) is 6.54 Å². The number of carbonyl (C=O) groups excluding carboxylic acids is 1. The van der Waals surface area contributed by atoms with Gasteiger partial charge in [0.25, 0.3) is 5.56 Å². The molecule has 0 saturated heterocycles. The number of aromatic nitrogens is 2. The Morgan fingerprint density at radius 1 is 1.12 bits per heavy atom. The van der Waals surface area contributed by atoms with Crippen molar-refractivity contribution < 1.29 is 4.79 Å². The van der Waals surface area contributed by atoms with Crippen LogP contribution in [0.4, 0.5) is 0 Å². The van der Waals surface area contributed by atoms with Crippen molar-refractivity contribution in [2.45, 2.75) is 13.5 Å². The number of para-hydroxylation sites is 1. The van der Waals surface area contributed by atoms with Crippen LogP contribution in [0.2, 0.25) is 0 Å². The maximum absolute atomic E-state index is 12.4. The summed E-state index contributed by atoms with van der Waals surface area (Å²) in [6.07, 6.45) is 3.32. The highest BCUT2D eigenvalue weighted by Crippen LogP contribution is 2.08. The molecule has 1 aromatic heterocycles. The minimum atomic E-state index is -0.191. The first-order valence-electron chi connectivity index (χ1n) is 8.17. The summed E-state index contributed by atoms with van der Waals surface area (Å²) in [7, 11) is 0. The highest BCUT2D eigenvalue weighted by Gasteiger charge is 2.12. The average Bonchev–Trinajstić information content (AvgIpc) is 2.65. The van der Waals surface area contributed by atoms with Gasteiger partial charge in [-0.3, -0.25) is 9.59 Å². The van der Waals surface area contributed by atoms with Crippen molar-refractivity contribution in [2.24, 2.45) is 0 Å². The first-order valence-corrected chi connectivity index (χ1v) is 8.17. The number of likely N-dealkylation sites (N-methyl/N-ethyl adjacent to an activating group) is 1. The number of aromatic amines is 1. The third kappa shape index (κ3) is 4.01. The smallest absolute Gasteiger partial charge is 0.258 e. The standard InChI is InChI=1S/C20H19N3O2/c1-2-23(19(24)13-12-15-8-4-3-5-9-15)14-18-21-17-11-7-6-10-16(17)20(25)22-18/h3-13H,2,14H2,1H3,(H,21,22,25)/b13-12+. The van der Waals surface area contributed by atoms with Gasteiger partial charge in [0.05, 0.1) is 17.4 Å². The largest absolute Gasteiger partial charge is 0.332 e. The fourth-order valence-corrected chi connectivity index (χ4v) is 2.57. The Hall–Kier alpha value is -3.21. The van der Waals surface area contributed by atoms with Gasteiger partial charge in [0.15, 0.2) is 0 Å². The molecule has 5 nitrogen and oxygen atoms in total. The molecule has 0 spiro atoms. The lowest BCUT2D eigenvalue weighted by molar-refractivity contribution is -0.126. The third-order valence-electron chi connectivity index (χ3n) is 3.91. The molecule has 5 heteroatoms. The summed E-state index contributed by atoms with van der Waals surface area (Å²) in [5.41, 5.74) is 1.40. The Kier molecular flexibility index (Phi) is 5.04. The van der Waals surface area contributed by atoms with Crippen molar-refractivity contribution in [1.29, 1.82) is 0 Å². The normalized spacial score (nSPS) is 11.1. The summed E-state index contributed by atoms with van der Waals surface area (Å²) >= 11 is 0. The van der Waals surface area contributed by atoms with Crippen LogP contribution >= 0.6 is 0 Å². The maximum atomic E-state index is 12.4. The van der Waals surface area contributed by atoms with Crippen LogP contribution in [0, 0.1) is 0 Å². The molecule has 0 fully saturated rings. The van der Waals surface area contributed by atoms with Crippen LogP contribution in [0.15, 0.2) is 65.5 Å². The second kappa shape index (κ2) is 7.57. The van der Waals surface area contributed by atoms with E-state index in [1.165, 1.54) is 6.08 Å². The topological polar surface area (TPSA) is 66.1 Å². The van der Waals surface area contributed by atoms with Gasteiger partial charge in [-0.25, -0.2) is 4.98 Å². The summed E-state index contributed by atoms with van der Waals surface area (Å²) < 4.78 is 0. The summed E-state index contributed by atoms with van der Waals surface area (Å²) in [4.78, 5) is 33.4. The van der Waals surface area contributed by atoms with Gasteiger partial charge >= 0.3 is 0 Å². The predicted molar refractivity (Wildman–Crippen MR) is 98.9 cm³/mol. The zero-order valence-electron chi connectivity index (χ0n) is 14.0. The lowest BCUT2D eigenvalue weighted by Gasteiger charge is -2.18. The number of H-pyrrole nitrogens is 1. The highest BCUT2D eigenvalue weighted by atomic mass is 16.2. The van der Waals surface area contributed by atoms with E-state index in [9.17, 15) is 9.59 Å². The van der Waals surface area contributed by atoms with E-state index in [4.69, 9.17) is 0 Å². The van der Waals surface area contributed by atoms with E-state index in [1.807, 2.05) is 43.3 Å². The van der Waals surface area contributed by atoms with Gasteiger partial charge in [0.1, 0.15) is 5.82 Å². The molecule has 0 aliphatic heterocycles. The van der Waals surface area contributed by atoms with Gasteiger partial charge in [0, 0.05) is 12.6 Å². The summed E-state index contributed by atoms with van der Waals surface area (Å²) in [6.45, 7) is 2.68. The van der Waals surface area contributed by atoms with E-state index in [-0.39, 0.29) is 18.0 Å². The van der Waals surface area contributed by atoms with Crippen molar-refractivity contribution in [3.8, 4) is 0 Å². The quantitative estimate of drug-likeness (QED) is 0.730. The Labute approximate surface area is 145 Å². The maximum Gasteiger partial charge on any atom is 0.258 e. The molecule has 25 heavy (non-hydrogen) atoms. The molecule has 1 heterocycles. The fourth-order valence-electron chi connectivity index (χ4n) is 2.57. The van der Waals surface area contributed by atoms with Crippen LogP contribution in [0.3, 0.4) is 0 Å². The molecule has 126 valence electrons. The fraction of sp³-hybridized carbons (Fsp3) is 0.150. The number of nitrogens with one attached hydrogen (secondary N) is 1. The number of hydrogen-bond donors (Lipinski definition) is 1. The Balaban J connectivity index is 1.79. The first-order chi connectivity index (χ1) is 12.2. The number of nitrogens with zero attached hydrogens (tertiary/aromatic N) is 2. The Morgan fingerprint density at radius 3 is 2.60 bits per heavy atom. The molecule has 0 saturated carbocycles. The summed E-state index contributed by atoms with van der Waals surface area (Å²) in [6, 6.07) is 16.8. The highest BCUT2D eigenvalue weighted by molar-refractivity contribution is 5.91. The van der Waals surface area contributed by atoms with Gasteiger partial charge in [-0.2, -0.15) is 0 Å². The molecule has 0 radical (unpaired) electrons. The predicted octanol–water partition coefficient (Wildman–Crippen LogP) is 2.99. The van der Waals surface area contributed by atoms with E-state index in [0.29, 0.717) is 23.3 Å². The van der Waals surface area contributed by atoms with Gasteiger partial charge in [0.2, 0.25) is 5.91 Å². The van der Waals surface area contributed by atoms with Crippen molar-refractivity contribution in [3.05, 3.63) is 82.4 Å². The van der Waals surface area contributed by atoms with Crippen LogP contribution in [0.25, 0.3) is 17.0 Å². The van der Waals surface area contributed by atoms with E-state index in [2.05, 4.69) is 9.97 Å². The molecule has 0 bridgehead atoms. The second-order valence-electron chi connectivity index (χ2n) is 5.63. The van der Waals surface area contributed by atoms with Gasteiger partial charge < -0.3 is 9.88 Å². The lowest BCUT2D eigenvalue weighted by Crippen LogP contribution is -2.30. The van der Waals surface area contributed by atoms with Crippen molar-refractivity contribution in [1.82, 2.24) is 14.9 Å². The molecular formula is C20H19N3O2. The second-order valence-corrected chi connectivity index (χ2v) is 5.63. The van der Waals surface area contributed by atoms with Crippen LogP contribution in [0.1, 0.15) is 18.3 Å². The minimum Gasteiger partial charge on any atom is -0.332 e. The molecule has 3 rings (SSSR count). The molecule has 0 aliphatic carbocycles. The zero-order chi connectivity index (χ0) is 17.6. The summed E-state index contributed by atoms with van der Waals surface area (Å²) in [5, 5.41) is 0.546. The van der Waals surface area contributed by atoms with Crippen LogP contribution in [0.5, 0.6) is 0 Å². The zero-order valence-corrected chi connectivity index (χ0v) is 14.0. The number of benzene rings is 2. The SMILES string of the molecule is CCN(Cc1nc2ccccc2c(=O)[nH]1)C(=O)/C=C/c1ccccc1. The molecule has 1 amide bonds. The molecule has 0 unspecified atom stereocenters. The van der Waals surface area contributed by atoms with Gasteiger partial charge in [-0.1, -0.05) is 42.5 Å². The molecule has 2 aromatic carbocycles. The molecular weight excluding hydrogens is 314 g/mol. The average molecular weight is 333 g/mol. The number of carbonyl (C=O) groups is 1. The Morgan fingerprint density at radius 2 is 1.84 bits per heavy atom. The van der Waals surface area contributed by atoms with Gasteiger partial charge in [-0.15, -0.1) is 0 Å². The summed E-state index contributed by atoms with van der Waals surface area (Å²) in [5.74, 6) is 0.356. The molecule has 0 aliphatic rings. The number of fused-ring (bicyclic) bond motifs is 1. The molecule has 1 N–H and O–H groups in total.